The van der Waals surface area contributed by atoms with Crippen molar-refractivity contribution in [3.8, 4) is 23.0 Å². The van der Waals surface area contributed by atoms with E-state index in [9.17, 15) is 37.2 Å². The van der Waals surface area contributed by atoms with E-state index in [4.69, 9.17) is 23.8 Å². The molecule has 1 atom stereocenters. The third-order valence-corrected chi connectivity index (χ3v) is 10.4. The molecule has 3 aromatic heterocycles. The molecule has 5 amide bonds. The van der Waals surface area contributed by atoms with Gasteiger partial charge in [-0.05, 0) is 75.2 Å². The van der Waals surface area contributed by atoms with Gasteiger partial charge in [-0.1, -0.05) is 35.9 Å². The van der Waals surface area contributed by atoms with Gasteiger partial charge in [0.1, 0.15) is 28.6 Å². The quantitative estimate of drug-likeness (QED) is 0.0504. The first-order chi connectivity index (χ1) is 29.8. The number of amides is 5. The fourth-order valence-electron chi connectivity index (χ4n) is 5.21. The molecule has 0 aromatic carbocycles. The predicted octanol–water partition coefficient (Wildman–Crippen LogP) is 3.96. The summed E-state index contributed by atoms with van der Waals surface area (Å²) in [5, 5.41) is 14.0. The number of nitrogens with zero attached hydrogens (tertiary/aromatic N) is 7. The molecule has 0 unspecified atom stereocenters. The molecule has 4 heterocycles. The van der Waals surface area contributed by atoms with E-state index < -0.39 is 80.9 Å². The normalized spacial score (nSPS) is 14.6. The Labute approximate surface area is 374 Å². The number of hydrogen-bond donors (Lipinski definition) is 3. The summed E-state index contributed by atoms with van der Waals surface area (Å²) >= 11 is 0.894. The molecule has 0 saturated carbocycles. The third kappa shape index (κ3) is 13.2. The highest BCUT2D eigenvalue weighted by atomic mass is 32.2. The molecule has 3 N–H and O–H groups in total. The zero-order valence-electron chi connectivity index (χ0n) is 37.7. The maximum atomic E-state index is 13.7. The molecule has 25 heteroatoms. The van der Waals surface area contributed by atoms with Crippen molar-refractivity contribution in [2.24, 2.45) is 5.16 Å². The zero-order valence-corrected chi connectivity index (χ0v) is 39.4. The lowest BCUT2D eigenvalue weighted by molar-refractivity contribution is -0.179. The molecule has 1 saturated heterocycles. The van der Waals surface area contributed by atoms with Crippen LogP contribution in [0.15, 0.2) is 27.6 Å². The number of hydrogen-bond acceptors (Lipinski definition) is 18. The number of oxime groups is 1. The van der Waals surface area contributed by atoms with Crippen molar-refractivity contribution >= 4 is 62.3 Å². The lowest BCUT2D eigenvalue weighted by atomic mass is 10.1. The number of ether oxygens (including phenoxy) is 4. The minimum absolute atomic E-state index is 0.00215. The summed E-state index contributed by atoms with van der Waals surface area (Å²) in [6.45, 7) is 18.4. The van der Waals surface area contributed by atoms with Gasteiger partial charge in [-0.2, -0.15) is 8.42 Å². The minimum Gasteiger partial charge on any atom is -0.490 e. The number of pyridine rings is 1. The Kier molecular flexibility index (Phi) is 16.3. The molecule has 0 spiro atoms. The van der Waals surface area contributed by atoms with Crippen LogP contribution in [0.2, 0.25) is 0 Å². The molecule has 23 nitrogen and oxygen atoms in total. The van der Waals surface area contributed by atoms with Crippen molar-refractivity contribution in [2.75, 3.05) is 25.1 Å². The van der Waals surface area contributed by atoms with E-state index in [1.165, 1.54) is 31.5 Å². The first kappa shape index (κ1) is 50.5. The van der Waals surface area contributed by atoms with Gasteiger partial charge in [-0.15, -0.1) is 16.4 Å². The first-order valence-corrected chi connectivity index (χ1v) is 22.7. The highest BCUT2D eigenvalue weighted by Gasteiger charge is 2.44. The van der Waals surface area contributed by atoms with E-state index in [2.05, 4.69) is 30.9 Å². The van der Waals surface area contributed by atoms with E-state index >= 15 is 0 Å². The van der Waals surface area contributed by atoms with Gasteiger partial charge in [0.15, 0.2) is 28.2 Å². The van der Waals surface area contributed by atoms with Crippen LogP contribution in [0.4, 0.5) is 14.7 Å². The fourth-order valence-corrected chi connectivity index (χ4v) is 6.80. The molecular weight excluding hydrogens is 881 g/mol. The number of esters is 1. The maximum Gasteiger partial charge on any atom is 0.413 e. The first-order valence-electron chi connectivity index (χ1n) is 20.4. The third-order valence-electron chi connectivity index (χ3n) is 8.47. The Bertz CT molecular complexity index is 2410. The minimum atomic E-state index is -5.06. The van der Waals surface area contributed by atoms with E-state index in [1.807, 2.05) is 13.8 Å². The number of carbonyl (C=O) groups excluding carboxylic acids is 5. The maximum absolute atomic E-state index is 13.7. The number of thiazole rings is 1. The number of carbonyl (C=O) groups is 5. The van der Waals surface area contributed by atoms with Gasteiger partial charge in [0.2, 0.25) is 5.60 Å². The van der Waals surface area contributed by atoms with Crippen LogP contribution in [-0.4, -0.2) is 115 Å². The zero-order chi connectivity index (χ0) is 47.8. The number of anilines is 1. The molecule has 1 aliphatic rings. The van der Waals surface area contributed by atoms with Crippen molar-refractivity contribution in [2.45, 2.75) is 131 Å². The Hall–Kier alpha value is -6.11. The summed E-state index contributed by atoms with van der Waals surface area (Å²) in [6, 6.07) is -1.35. The Morgan fingerprint density at radius 2 is 1.55 bits per heavy atom. The number of imide groups is 1. The van der Waals surface area contributed by atoms with Crippen molar-refractivity contribution < 1.29 is 56.2 Å². The van der Waals surface area contributed by atoms with Crippen molar-refractivity contribution in [3.63, 3.8) is 0 Å². The molecule has 352 valence electrons. The van der Waals surface area contributed by atoms with E-state index in [0.717, 1.165) is 41.6 Å². The number of urea groups is 1. The molecule has 3 aromatic rings. The van der Waals surface area contributed by atoms with Crippen LogP contribution in [0.1, 0.15) is 108 Å². The average molecular weight is 937 g/mol. The molecule has 1 fully saturated rings. The summed E-state index contributed by atoms with van der Waals surface area (Å²) < 4.78 is 52.1. The topological polar surface area (TPSA) is 283 Å². The van der Waals surface area contributed by atoms with E-state index in [1.54, 1.807) is 53.2 Å². The van der Waals surface area contributed by atoms with Crippen molar-refractivity contribution in [1.29, 1.82) is 0 Å². The second-order valence-electron chi connectivity index (χ2n) is 16.7. The van der Waals surface area contributed by atoms with Crippen LogP contribution >= 0.6 is 11.3 Å². The Balaban J connectivity index is 1.52. The number of unbranched alkanes of at least 4 members (excludes halogenated alkanes) is 2. The number of likely N-dealkylation sites (tertiary alicyclic amines) is 1. The molecular formula is C39H56N10O13S2. The molecule has 4 rings (SSSR count). The fraction of sp³-hybridized carbons (Fsp3) is 0.590. The summed E-state index contributed by atoms with van der Waals surface area (Å²) in [4.78, 5) is 93.2. The van der Waals surface area contributed by atoms with Gasteiger partial charge in [-0.25, -0.2) is 33.9 Å². The summed E-state index contributed by atoms with van der Waals surface area (Å²) in [7, 11) is -5.06. The van der Waals surface area contributed by atoms with Gasteiger partial charge in [0.25, 0.3) is 11.8 Å². The molecule has 0 aliphatic carbocycles. The van der Waals surface area contributed by atoms with Crippen LogP contribution < -0.4 is 30.5 Å². The number of nitrogens with one attached hydrogen (secondary N) is 3. The second-order valence-corrected chi connectivity index (χ2v) is 19.1. The highest BCUT2D eigenvalue weighted by Crippen LogP contribution is 2.31. The summed E-state index contributed by atoms with van der Waals surface area (Å²) in [5.41, 5.74) is -5.19. The highest BCUT2D eigenvalue weighted by molar-refractivity contribution is 7.88. The number of aromatic nitrogens is 5. The predicted molar refractivity (Wildman–Crippen MR) is 232 cm³/mol. The monoisotopic (exact) mass is 936 g/mol. The number of rotatable bonds is 19. The molecule has 0 bridgehead atoms. The van der Waals surface area contributed by atoms with Crippen LogP contribution in [0.25, 0.3) is 11.5 Å². The van der Waals surface area contributed by atoms with Crippen LogP contribution in [0.3, 0.4) is 0 Å². The van der Waals surface area contributed by atoms with Crippen LogP contribution in [0, 0.1) is 0 Å². The van der Waals surface area contributed by atoms with Gasteiger partial charge < -0.3 is 29.1 Å². The number of β-lactam (4-membered cyclic amide) rings is 1. The molecule has 1 aliphatic heterocycles. The van der Waals surface area contributed by atoms with Gasteiger partial charge >= 0.3 is 34.0 Å². The summed E-state index contributed by atoms with van der Waals surface area (Å²) in [6.07, 6.45) is 3.84. The van der Waals surface area contributed by atoms with Crippen molar-refractivity contribution in [1.82, 2.24) is 38.7 Å². The Morgan fingerprint density at radius 3 is 2.12 bits per heavy atom. The van der Waals surface area contributed by atoms with Gasteiger partial charge in [0.05, 0.1) is 26.0 Å². The summed E-state index contributed by atoms with van der Waals surface area (Å²) in [5.74, 6) is -2.39. The van der Waals surface area contributed by atoms with Gasteiger partial charge in [0, 0.05) is 18.0 Å². The lowest BCUT2D eigenvalue weighted by Crippen LogP contribution is -2.68. The SMILES string of the molecule is CCCCOc1cnc(-c2nn(S(=O)(=O)NC(=O)N3C[C@H](NC(=O)/C(=N\OC(C)(C)C(=O)OC(C)(C)C)c4csc(NC(=O)OC(C)(C)C)n4)C3=O)c(=O)n2CC)cc1OCCCC. The van der Waals surface area contributed by atoms with E-state index in [-0.39, 0.29) is 33.0 Å². The Morgan fingerprint density at radius 1 is 0.922 bits per heavy atom. The van der Waals surface area contributed by atoms with E-state index in [0.29, 0.717) is 29.6 Å². The average Bonchev–Trinajstić information content (AvgIpc) is 3.78. The smallest absolute Gasteiger partial charge is 0.413 e. The molecule has 0 radical (unpaired) electrons. The lowest BCUT2D eigenvalue weighted by Gasteiger charge is -2.36. The van der Waals surface area contributed by atoms with Crippen LogP contribution in [0.5, 0.6) is 11.5 Å². The van der Waals surface area contributed by atoms with Gasteiger partial charge in [-0.3, -0.25) is 24.4 Å². The second kappa shape index (κ2) is 20.6. The molecule has 64 heavy (non-hydrogen) atoms. The van der Waals surface area contributed by atoms with Crippen LogP contribution in [-0.2, 0) is 45.4 Å². The standard InChI is InChI=1S/C39H56N10O13S2/c1-12-15-17-58-26-19-23(40-20-27(26)59-18-16-13-2)29-44-49(36(55)47(29)14-3)64(56,57)46-34(53)48-21-24(31(48)51)41-30(50)28(45-62-39(10,11)32(52)60-37(4,5)6)25-22-63-33(42-25)43-35(54)61-38(7,8)9/h19-20,22,24H,12-18,21H2,1-11H3,(H,41,50)(H,46,53)(H,42,43,54)/b45-28-/t24-/m0/s1. The van der Waals surface area contributed by atoms with Crippen molar-refractivity contribution in [3.05, 3.63) is 33.8 Å². The largest absolute Gasteiger partial charge is 0.490 e.